The van der Waals surface area contributed by atoms with Crippen molar-refractivity contribution in [3.8, 4) is 11.1 Å². The molecule has 0 bridgehead atoms. The van der Waals surface area contributed by atoms with Crippen LogP contribution in [0.5, 0.6) is 0 Å². The molecular formula is C29H27N3O5. The number of rotatable bonds is 10. The quantitative estimate of drug-likeness (QED) is 0.338. The summed E-state index contributed by atoms with van der Waals surface area (Å²) >= 11 is 0. The average molecular weight is 498 g/mol. The maximum Gasteiger partial charge on any atom is 0.305 e. The predicted molar refractivity (Wildman–Crippen MR) is 139 cm³/mol. The van der Waals surface area contributed by atoms with Crippen molar-refractivity contribution in [2.45, 2.75) is 12.8 Å². The maximum atomic E-state index is 13.8. The zero-order chi connectivity index (χ0) is 26.2. The second kappa shape index (κ2) is 11.8. The molecule has 0 spiro atoms. The Balaban J connectivity index is 1.67. The van der Waals surface area contributed by atoms with Crippen molar-refractivity contribution in [1.29, 1.82) is 0 Å². The molecule has 8 heteroatoms. The number of hydrogen-bond acceptors (Lipinski definition) is 5. The fourth-order valence-corrected chi connectivity index (χ4v) is 4.08. The summed E-state index contributed by atoms with van der Waals surface area (Å²) in [7, 11) is 1.63. The van der Waals surface area contributed by atoms with E-state index >= 15 is 0 Å². The third-order valence-corrected chi connectivity index (χ3v) is 6.02. The molecule has 2 amide bonds. The lowest BCUT2D eigenvalue weighted by Gasteiger charge is -2.24. The van der Waals surface area contributed by atoms with Gasteiger partial charge in [-0.2, -0.15) is 0 Å². The van der Waals surface area contributed by atoms with Gasteiger partial charge in [0.15, 0.2) is 0 Å². The Labute approximate surface area is 214 Å². The first-order valence-corrected chi connectivity index (χ1v) is 11.9. The molecule has 37 heavy (non-hydrogen) atoms. The Kier molecular flexibility index (Phi) is 8.10. The van der Waals surface area contributed by atoms with Crippen molar-refractivity contribution in [2.24, 2.45) is 0 Å². The molecule has 4 rings (SSSR count). The van der Waals surface area contributed by atoms with Gasteiger partial charge in [-0.1, -0.05) is 42.5 Å². The lowest BCUT2D eigenvalue weighted by molar-refractivity contribution is -0.137. The number of benzene rings is 2. The van der Waals surface area contributed by atoms with E-state index in [1.54, 1.807) is 78.9 Å². The lowest BCUT2D eigenvalue weighted by atomic mass is 9.94. The van der Waals surface area contributed by atoms with E-state index < -0.39 is 5.97 Å². The number of carbonyl (C=O) groups is 3. The van der Waals surface area contributed by atoms with E-state index in [1.807, 2.05) is 18.2 Å². The highest BCUT2D eigenvalue weighted by Gasteiger charge is 2.24. The largest absolute Gasteiger partial charge is 0.481 e. The van der Waals surface area contributed by atoms with Gasteiger partial charge in [0.25, 0.3) is 11.8 Å². The van der Waals surface area contributed by atoms with Crippen LogP contribution in [0.25, 0.3) is 11.1 Å². The number of carboxylic acid groups (broad SMARTS) is 1. The molecule has 4 aromatic rings. The van der Waals surface area contributed by atoms with Crippen LogP contribution in [0.4, 0.5) is 5.88 Å². The van der Waals surface area contributed by atoms with Gasteiger partial charge in [0.05, 0.1) is 12.7 Å². The average Bonchev–Trinajstić information content (AvgIpc) is 3.47. The fourth-order valence-electron chi connectivity index (χ4n) is 4.08. The number of anilines is 1. The van der Waals surface area contributed by atoms with Gasteiger partial charge in [-0.3, -0.25) is 24.3 Å². The van der Waals surface area contributed by atoms with Gasteiger partial charge in [-0.15, -0.1) is 0 Å². The van der Waals surface area contributed by atoms with E-state index in [2.05, 4.69) is 4.98 Å². The van der Waals surface area contributed by atoms with Gasteiger partial charge in [0, 0.05) is 49.7 Å². The monoisotopic (exact) mass is 497 g/mol. The predicted octanol–water partition coefficient (Wildman–Crippen LogP) is 4.78. The minimum atomic E-state index is -0.982. The van der Waals surface area contributed by atoms with Crippen molar-refractivity contribution in [1.82, 2.24) is 9.88 Å². The Bertz CT molecular complexity index is 1370. The molecule has 0 atom stereocenters. The molecule has 0 fully saturated rings. The van der Waals surface area contributed by atoms with Crippen molar-refractivity contribution in [3.05, 3.63) is 108 Å². The zero-order valence-electron chi connectivity index (χ0n) is 20.4. The van der Waals surface area contributed by atoms with E-state index in [0.717, 1.165) is 5.56 Å². The molecule has 0 aliphatic rings. The molecule has 8 nitrogen and oxygen atoms in total. The first-order chi connectivity index (χ1) is 18.0. The fraction of sp³-hybridized carbons (Fsp3) is 0.172. The van der Waals surface area contributed by atoms with Crippen LogP contribution in [-0.4, -0.2) is 52.9 Å². The van der Waals surface area contributed by atoms with Gasteiger partial charge >= 0.3 is 5.97 Å². The van der Waals surface area contributed by atoms with E-state index in [1.165, 1.54) is 11.2 Å². The highest BCUT2D eigenvalue weighted by Crippen LogP contribution is 2.30. The first kappa shape index (κ1) is 25.4. The van der Waals surface area contributed by atoms with E-state index in [4.69, 9.17) is 4.42 Å². The molecule has 0 aliphatic carbocycles. The molecule has 0 unspecified atom stereocenters. The second-order valence-corrected chi connectivity index (χ2v) is 8.45. The summed E-state index contributed by atoms with van der Waals surface area (Å²) in [5.74, 6) is -1.17. The number of amides is 2. The Morgan fingerprint density at radius 1 is 0.838 bits per heavy atom. The third-order valence-electron chi connectivity index (χ3n) is 6.02. The van der Waals surface area contributed by atoms with Crippen molar-refractivity contribution in [2.75, 3.05) is 25.0 Å². The Morgan fingerprint density at radius 2 is 1.51 bits per heavy atom. The molecular weight excluding hydrogens is 470 g/mol. The summed E-state index contributed by atoms with van der Waals surface area (Å²) in [4.78, 5) is 45.5. The van der Waals surface area contributed by atoms with E-state index in [9.17, 15) is 19.5 Å². The summed E-state index contributed by atoms with van der Waals surface area (Å²) in [6.07, 6.45) is 5.25. The summed E-state index contributed by atoms with van der Waals surface area (Å²) in [5.41, 5.74) is 2.93. The number of hydrogen-bond donors (Lipinski definition) is 1. The standard InChI is InChI=1S/C29H27N3O5/c1-31(26-13-7-19-37-26)28(35)24-11-4-2-9-22(24)23-10-3-5-12-25(23)29(36)32(18-15-27(33)34)17-14-21-8-6-16-30-20-21/h2-13,16,19-20H,14-15,17-18H2,1H3,(H,33,34). The van der Waals surface area contributed by atoms with Crippen LogP contribution in [0.2, 0.25) is 0 Å². The molecule has 2 aromatic carbocycles. The van der Waals surface area contributed by atoms with Gasteiger partial charge in [0.1, 0.15) is 0 Å². The number of aliphatic carboxylic acids is 1. The number of furan rings is 1. The van der Waals surface area contributed by atoms with Crippen LogP contribution in [0, 0.1) is 0 Å². The van der Waals surface area contributed by atoms with Crippen LogP contribution >= 0.6 is 0 Å². The number of aromatic nitrogens is 1. The topological polar surface area (TPSA) is 104 Å². The van der Waals surface area contributed by atoms with Crippen LogP contribution in [0.15, 0.2) is 95.9 Å². The second-order valence-electron chi connectivity index (χ2n) is 8.45. The van der Waals surface area contributed by atoms with Gasteiger partial charge in [0.2, 0.25) is 5.88 Å². The molecule has 2 aromatic heterocycles. The van der Waals surface area contributed by atoms with Crippen LogP contribution in [0.1, 0.15) is 32.7 Å². The highest BCUT2D eigenvalue weighted by atomic mass is 16.4. The Morgan fingerprint density at radius 3 is 2.11 bits per heavy atom. The summed E-state index contributed by atoms with van der Waals surface area (Å²) < 4.78 is 5.38. The zero-order valence-corrected chi connectivity index (χ0v) is 20.4. The summed E-state index contributed by atoms with van der Waals surface area (Å²) in [6.45, 7) is 0.387. The number of carbonyl (C=O) groups excluding carboxylic acids is 2. The number of pyridine rings is 1. The van der Waals surface area contributed by atoms with Crippen LogP contribution in [0.3, 0.4) is 0 Å². The normalized spacial score (nSPS) is 10.6. The lowest BCUT2D eigenvalue weighted by Crippen LogP contribution is -2.35. The highest BCUT2D eigenvalue weighted by molar-refractivity contribution is 6.11. The van der Waals surface area contributed by atoms with Gasteiger partial charge in [-0.25, -0.2) is 0 Å². The number of carboxylic acids is 1. The molecule has 0 saturated carbocycles. The van der Waals surface area contributed by atoms with Gasteiger partial charge < -0.3 is 14.4 Å². The molecule has 2 heterocycles. The number of nitrogens with zero attached hydrogens (tertiary/aromatic N) is 3. The van der Waals surface area contributed by atoms with Crippen LogP contribution < -0.4 is 4.90 Å². The maximum absolute atomic E-state index is 13.8. The molecule has 0 radical (unpaired) electrons. The van der Waals surface area contributed by atoms with E-state index in [0.29, 0.717) is 41.1 Å². The van der Waals surface area contributed by atoms with Crippen molar-refractivity contribution < 1.29 is 23.9 Å². The van der Waals surface area contributed by atoms with Gasteiger partial charge in [-0.05, 0) is 47.4 Å². The van der Waals surface area contributed by atoms with Crippen molar-refractivity contribution in [3.63, 3.8) is 0 Å². The minimum Gasteiger partial charge on any atom is -0.481 e. The molecule has 1 N–H and O–H groups in total. The molecule has 188 valence electrons. The van der Waals surface area contributed by atoms with Crippen LogP contribution in [-0.2, 0) is 11.2 Å². The third kappa shape index (κ3) is 6.10. The summed E-state index contributed by atoms with van der Waals surface area (Å²) in [5, 5.41) is 9.26. The molecule has 0 saturated heterocycles. The smallest absolute Gasteiger partial charge is 0.305 e. The summed E-state index contributed by atoms with van der Waals surface area (Å²) in [6, 6.07) is 21.3. The Hall–Kier alpha value is -4.72. The van der Waals surface area contributed by atoms with E-state index in [-0.39, 0.29) is 24.8 Å². The SMILES string of the molecule is CN(C(=O)c1ccccc1-c1ccccc1C(=O)N(CCC(=O)O)CCc1cccnc1)c1ccco1. The minimum absolute atomic E-state index is 0.0601. The molecule has 0 aliphatic heterocycles. The van der Waals surface area contributed by atoms with Crippen molar-refractivity contribution >= 4 is 23.7 Å². The first-order valence-electron chi connectivity index (χ1n) is 11.9.